The average Bonchev–Trinajstić information content (AvgIpc) is 3.18. The van der Waals surface area contributed by atoms with Crippen molar-refractivity contribution in [2.45, 2.75) is 33.8 Å². The van der Waals surface area contributed by atoms with Crippen LogP contribution >= 0.6 is 12.2 Å². The van der Waals surface area contributed by atoms with E-state index in [1.807, 2.05) is 64.1 Å². The highest BCUT2D eigenvalue weighted by Crippen LogP contribution is 2.28. The van der Waals surface area contributed by atoms with Gasteiger partial charge in [0.05, 0.1) is 6.10 Å². The number of aromatic nitrogens is 1. The summed E-state index contributed by atoms with van der Waals surface area (Å²) in [5.41, 5.74) is 5.70. The van der Waals surface area contributed by atoms with Crippen LogP contribution in [0.5, 0.6) is 5.75 Å². The van der Waals surface area contributed by atoms with Gasteiger partial charge in [-0.05, 0) is 99.6 Å². The van der Waals surface area contributed by atoms with E-state index in [4.69, 9.17) is 21.4 Å². The fourth-order valence-corrected chi connectivity index (χ4v) is 3.54. The first-order chi connectivity index (χ1) is 15.8. The zero-order valence-electron chi connectivity index (χ0n) is 18.9. The molecule has 0 saturated carbocycles. The molecule has 1 amide bonds. The van der Waals surface area contributed by atoms with Gasteiger partial charge in [-0.15, -0.1) is 0 Å². The summed E-state index contributed by atoms with van der Waals surface area (Å²) in [6.07, 6.45) is 0.0688. The first-order valence-electron chi connectivity index (χ1n) is 10.7. The molecule has 7 heteroatoms. The van der Waals surface area contributed by atoms with E-state index in [1.54, 1.807) is 24.3 Å². The number of hydrogen-bond donors (Lipinski definition) is 2. The lowest BCUT2D eigenvalue weighted by Gasteiger charge is -2.13. The predicted octanol–water partition coefficient (Wildman–Crippen LogP) is 6.03. The Balaban J connectivity index is 1.46. The minimum Gasteiger partial charge on any atom is -0.491 e. The van der Waals surface area contributed by atoms with E-state index in [9.17, 15) is 4.79 Å². The van der Waals surface area contributed by atoms with E-state index < -0.39 is 0 Å². The summed E-state index contributed by atoms with van der Waals surface area (Å²) in [6.45, 7) is 7.88. The van der Waals surface area contributed by atoms with Gasteiger partial charge >= 0.3 is 0 Å². The van der Waals surface area contributed by atoms with Crippen LogP contribution in [0.1, 0.15) is 35.3 Å². The highest BCUT2D eigenvalue weighted by atomic mass is 32.1. The van der Waals surface area contributed by atoms with Crippen molar-refractivity contribution in [1.82, 2.24) is 10.3 Å². The molecule has 0 unspecified atom stereocenters. The van der Waals surface area contributed by atoms with Crippen molar-refractivity contribution in [3.8, 4) is 17.2 Å². The van der Waals surface area contributed by atoms with Gasteiger partial charge in [0, 0.05) is 16.8 Å². The third-order valence-corrected chi connectivity index (χ3v) is 5.20. The molecule has 1 heterocycles. The molecule has 0 spiro atoms. The van der Waals surface area contributed by atoms with E-state index in [2.05, 4.69) is 15.6 Å². The lowest BCUT2D eigenvalue weighted by molar-refractivity contribution is 0.0977. The van der Waals surface area contributed by atoms with E-state index in [-0.39, 0.29) is 17.1 Å². The number of hydrogen-bond acceptors (Lipinski definition) is 5. The second-order valence-electron chi connectivity index (χ2n) is 8.12. The molecule has 0 bridgehead atoms. The maximum atomic E-state index is 12.6. The van der Waals surface area contributed by atoms with Crippen LogP contribution in [-0.2, 0) is 0 Å². The van der Waals surface area contributed by atoms with Crippen LogP contribution in [0.2, 0.25) is 0 Å². The summed E-state index contributed by atoms with van der Waals surface area (Å²) >= 11 is 5.37. The van der Waals surface area contributed by atoms with Crippen LogP contribution in [0.15, 0.2) is 65.1 Å². The number of carbonyl (C=O) groups is 1. The lowest BCUT2D eigenvalue weighted by atomic mass is 10.1. The molecule has 0 fully saturated rings. The van der Waals surface area contributed by atoms with E-state index >= 15 is 0 Å². The summed E-state index contributed by atoms with van der Waals surface area (Å²) in [5.74, 6) is 0.938. The number of oxazole rings is 1. The van der Waals surface area contributed by atoms with Crippen molar-refractivity contribution in [2.24, 2.45) is 0 Å². The zero-order valence-corrected chi connectivity index (χ0v) is 19.7. The summed E-state index contributed by atoms with van der Waals surface area (Å²) in [4.78, 5) is 17.2. The third-order valence-electron chi connectivity index (χ3n) is 4.99. The molecular formula is C26H25N3O3S. The van der Waals surface area contributed by atoms with Crippen LogP contribution in [-0.4, -0.2) is 22.1 Å². The Hall–Kier alpha value is -3.71. The number of amides is 1. The minimum absolute atomic E-state index is 0.0688. The van der Waals surface area contributed by atoms with Crippen LogP contribution in [0, 0.1) is 13.8 Å². The van der Waals surface area contributed by atoms with Crippen LogP contribution in [0.25, 0.3) is 22.6 Å². The van der Waals surface area contributed by atoms with Crippen molar-refractivity contribution in [3.63, 3.8) is 0 Å². The number of anilines is 1. The molecule has 4 aromatic rings. The highest BCUT2D eigenvalue weighted by Gasteiger charge is 2.13. The average molecular weight is 460 g/mol. The first-order valence-corrected chi connectivity index (χ1v) is 11.1. The number of benzene rings is 3. The van der Waals surface area contributed by atoms with E-state index in [0.29, 0.717) is 17.2 Å². The Bertz CT molecular complexity index is 1330. The zero-order chi connectivity index (χ0) is 23.5. The van der Waals surface area contributed by atoms with Gasteiger partial charge in [-0.25, -0.2) is 4.98 Å². The molecule has 0 radical (unpaired) electrons. The molecule has 0 aliphatic rings. The number of nitrogens with zero attached hydrogens (tertiary/aromatic N) is 1. The summed E-state index contributed by atoms with van der Waals surface area (Å²) in [6, 6.07) is 18.6. The molecule has 33 heavy (non-hydrogen) atoms. The summed E-state index contributed by atoms with van der Waals surface area (Å²) < 4.78 is 11.5. The van der Waals surface area contributed by atoms with Crippen molar-refractivity contribution >= 4 is 40.0 Å². The second kappa shape index (κ2) is 9.42. The number of rotatable bonds is 5. The predicted molar refractivity (Wildman–Crippen MR) is 135 cm³/mol. The Morgan fingerprint density at radius 1 is 1.03 bits per heavy atom. The van der Waals surface area contributed by atoms with Gasteiger partial charge in [-0.2, -0.15) is 0 Å². The normalized spacial score (nSPS) is 10.9. The summed E-state index contributed by atoms with van der Waals surface area (Å²) in [7, 11) is 0. The molecule has 0 saturated heterocycles. The monoisotopic (exact) mass is 459 g/mol. The fourth-order valence-electron chi connectivity index (χ4n) is 3.34. The molecule has 0 aliphatic heterocycles. The number of ether oxygens (including phenoxy) is 1. The van der Waals surface area contributed by atoms with Gasteiger partial charge in [0.15, 0.2) is 10.7 Å². The number of aryl methyl sites for hydroxylation is 2. The van der Waals surface area contributed by atoms with E-state index in [1.165, 1.54) is 0 Å². The second-order valence-corrected chi connectivity index (χ2v) is 8.53. The number of fused-ring (bicyclic) bond motifs is 1. The lowest BCUT2D eigenvalue weighted by Crippen LogP contribution is -2.34. The van der Waals surface area contributed by atoms with Gasteiger partial charge < -0.3 is 14.5 Å². The van der Waals surface area contributed by atoms with Crippen LogP contribution in [0.4, 0.5) is 5.69 Å². The number of thiocarbonyl (C=S) groups is 1. The molecule has 4 rings (SSSR count). The quantitative estimate of drug-likeness (QED) is 0.355. The summed E-state index contributed by atoms with van der Waals surface area (Å²) in [5, 5.41) is 6.03. The molecule has 1 aromatic heterocycles. The number of nitrogens with one attached hydrogen (secondary N) is 2. The van der Waals surface area contributed by atoms with Gasteiger partial charge in [-0.3, -0.25) is 10.1 Å². The molecular weight excluding hydrogens is 434 g/mol. The van der Waals surface area contributed by atoms with Crippen molar-refractivity contribution in [2.75, 3.05) is 5.32 Å². The maximum absolute atomic E-state index is 12.6. The smallest absolute Gasteiger partial charge is 0.257 e. The Kier molecular flexibility index (Phi) is 6.42. The van der Waals surface area contributed by atoms with E-state index in [0.717, 1.165) is 33.5 Å². The highest BCUT2D eigenvalue weighted by molar-refractivity contribution is 7.80. The molecule has 6 nitrogen and oxygen atoms in total. The van der Waals surface area contributed by atoms with Gasteiger partial charge in [-0.1, -0.05) is 12.1 Å². The minimum atomic E-state index is -0.299. The van der Waals surface area contributed by atoms with Crippen molar-refractivity contribution < 1.29 is 13.9 Å². The van der Waals surface area contributed by atoms with Gasteiger partial charge in [0.2, 0.25) is 5.89 Å². The van der Waals surface area contributed by atoms with Crippen molar-refractivity contribution in [3.05, 3.63) is 77.4 Å². The van der Waals surface area contributed by atoms with Crippen LogP contribution in [0.3, 0.4) is 0 Å². The molecule has 3 aromatic carbocycles. The van der Waals surface area contributed by atoms with Gasteiger partial charge in [0.1, 0.15) is 11.3 Å². The SMILES string of the molecule is Cc1ccc2oc(-c3ccc(C)c(NC(=S)NC(=O)c4ccc(OC(C)C)cc4)c3)nc2c1. The fraction of sp³-hybridized carbons (Fsp3) is 0.192. The molecule has 168 valence electrons. The third kappa shape index (κ3) is 5.38. The first kappa shape index (κ1) is 22.5. The topological polar surface area (TPSA) is 76.4 Å². The standard InChI is InChI=1S/C26H25N3O3S/c1-15(2)31-20-10-8-18(9-11-20)24(30)29-26(33)28-21-14-19(7-6-17(21)4)25-27-22-13-16(3)5-12-23(22)32-25/h5-15H,1-4H3,(H2,28,29,30,33). The Morgan fingerprint density at radius 3 is 2.52 bits per heavy atom. The van der Waals surface area contributed by atoms with Gasteiger partial charge in [0.25, 0.3) is 5.91 Å². The molecule has 2 N–H and O–H groups in total. The largest absolute Gasteiger partial charge is 0.491 e. The van der Waals surface area contributed by atoms with Crippen molar-refractivity contribution in [1.29, 1.82) is 0 Å². The Labute approximate surface area is 198 Å². The molecule has 0 atom stereocenters. The maximum Gasteiger partial charge on any atom is 0.257 e. The Morgan fingerprint density at radius 2 is 1.79 bits per heavy atom. The van der Waals surface area contributed by atoms with Crippen LogP contribution < -0.4 is 15.4 Å². The molecule has 0 aliphatic carbocycles. The number of carbonyl (C=O) groups excluding carboxylic acids is 1.